The number of halogens is 2. The fourth-order valence-electron chi connectivity index (χ4n) is 2.63. The zero-order valence-corrected chi connectivity index (χ0v) is 14.7. The first-order chi connectivity index (χ1) is 13.1. The summed E-state index contributed by atoms with van der Waals surface area (Å²) in [6, 6.07) is 9.35. The molecule has 2 heterocycles. The minimum absolute atomic E-state index is 0.0956. The summed E-state index contributed by atoms with van der Waals surface area (Å²) in [5, 5.41) is 7.03. The Hall–Kier alpha value is -3.13. The number of fused-ring (bicyclic) bond motifs is 1. The Morgan fingerprint density at radius 2 is 2.04 bits per heavy atom. The van der Waals surface area contributed by atoms with Crippen molar-refractivity contribution < 1.29 is 18.7 Å². The highest BCUT2D eigenvalue weighted by Crippen LogP contribution is 2.30. The highest BCUT2D eigenvalue weighted by Gasteiger charge is 2.16. The summed E-state index contributed by atoms with van der Waals surface area (Å²) in [6.45, 7) is 1.01. The van der Waals surface area contributed by atoms with Crippen LogP contribution in [0.25, 0.3) is 0 Å². The molecule has 1 N–H and O–H groups in total. The first-order valence-corrected chi connectivity index (χ1v) is 8.51. The summed E-state index contributed by atoms with van der Waals surface area (Å²) < 4.78 is 26.2. The van der Waals surface area contributed by atoms with Crippen LogP contribution < -0.4 is 14.8 Å². The highest BCUT2D eigenvalue weighted by molar-refractivity contribution is 6.31. The van der Waals surface area contributed by atoms with Gasteiger partial charge in [0.05, 0.1) is 6.54 Å². The van der Waals surface area contributed by atoms with Crippen LogP contribution in [0, 0.1) is 5.82 Å². The van der Waals surface area contributed by atoms with Crippen molar-refractivity contribution >= 4 is 23.5 Å². The minimum Gasteiger partial charge on any atom is -0.486 e. The van der Waals surface area contributed by atoms with Crippen molar-refractivity contribution in [2.45, 2.75) is 6.54 Å². The molecule has 1 aromatic heterocycles. The summed E-state index contributed by atoms with van der Waals surface area (Å²) >= 11 is 6.02. The molecular formula is C18H14ClFN4O3. The summed E-state index contributed by atoms with van der Waals surface area (Å²) in [5.41, 5.74) is 0.682. The monoisotopic (exact) mass is 388 g/mol. The molecule has 2 aromatic carbocycles. The van der Waals surface area contributed by atoms with Gasteiger partial charge in [-0.05, 0) is 30.3 Å². The molecule has 0 atom stereocenters. The van der Waals surface area contributed by atoms with Crippen molar-refractivity contribution in [1.29, 1.82) is 0 Å². The van der Waals surface area contributed by atoms with Gasteiger partial charge >= 0.3 is 0 Å². The van der Waals surface area contributed by atoms with Crippen molar-refractivity contribution in [3.63, 3.8) is 0 Å². The molecule has 0 fully saturated rings. The van der Waals surface area contributed by atoms with Crippen LogP contribution in [0.5, 0.6) is 11.5 Å². The SMILES string of the molecule is O=C(Nc1ncn(Cc2c(F)cccc2Cl)n1)c1ccc2c(c1)OCCO2. The number of benzene rings is 2. The molecule has 0 saturated heterocycles. The van der Waals surface area contributed by atoms with E-state index in [1.807, 2.05) is 0 Å². The average molecular weight is 389 g/mol. The lowest BCUT2D eigenvalue weighted by atomic mass is 10.2. The van der Waals surface area contributed by atoms with E-state index in [2.05, 4.69) is 15.4 Å². The minimum atomic E-state index is -0.431. The molecule has 4 rings (SSSR count). The lowest BCUT2D eigenvalue weighted by Gasteiger charge is -2.18. The molecule has 138 valence electrons. The van der Waals surface area contributed by atoms with E-state index >= 15 is 0 Å². The number of anilines is 1. The second-order valence-electron chi connectivity index (χ2n) is 5.78. The third-order valence-electron chi connectivity index (χ3n) is 3.95. The Bertz CT molecular complexity index is 988. The van der Waals surface area contributed by atoms with Crippen LogP contribution in [-0.4, -0.2) is 33.9 Å². The Morgan fingerprint density at radius 3 is 2.85 bits per heavy atom. The van der Waals surface area contributed by atoms with Crippen molar-refractivity contribution in [1.82, 2.24) is 14.8 Å². The zero-order chi connectivity index (χ0) is 18.8. The molecule has 0 saturated carbocycles. The number of rotatable bonds is 4. The molecule has 0 bridgehead atoms. The Labute approximate surface area is 158 Å². The molecule has 0 unspecified atom stereocenters. The van der Waals surface area contributed by atoms with E-state index < -0.39 is 11.7 Å². The molecule has 0 aliphatic carbocycles. The lowest BCUT2D eigenvalue weighted by Crippen LogP contribution is -2.17. The lowest BCUT2D eigenvalue weighted by molar-refractivity contribution is 0.102. The summed E-state index contributed by atoms with van der Waals surface area (Å²) in [7, 11) is 0. The maximum absolute atomic E-state index is 13.9. The van der Waals surface area contributed by atoms with Crippen LogP contribution in [0.4, 0.5) is 10.3 Å². The second-order valence-corrected chi connectivity index (χ2v) is 6.19. The van der Waals surface area contributed by atoms with Crippen LogP contribution in [0.2, 0.25) is 5.02 Å². The first kappa shape index (κ1) is 17.3. The zero-order valence-electron chi connectivity index (χ0n) is 14.0. The maximum atomic E-state index is 13.9. The second kappa shape index (κ2) is 7.24. The number of carbonyl (C=O) groups excluding carboxylic acids is 1. The Balaban J connectivity index is 1.47. The fourth-order valence-corrected chi connectivity index (χ4v) is 2.85. The summed E-state index contributed by atoms with van der Waals surface area (Å²) in [6.07, 6.45) is 1.39. The van der Waals surface area contributed by atoms with E-state index in [0.29, 0.717) is 40.9 Å². The van der Waals surface area contributed by atoms with E-state index in [0.717, 1.165) is 0 Å². The molecule has 1 amide bonds. The van der Waals surface area contributed by atoms with Gasteiger partial charge in [-0.3, -0.25) is 10.1 Å². The van der Waals surface area contributed by atoms with E-state index in [9.17, 15) is 9.18 Å². The number of nitrogens with zero attached hydrogens (tertiary/aromatic N) is 3. The van der Waals surface area contributed by atoms with Gasteiger partial charge in [-0.25, -0.2) is 14.1 Å². The smallest absolute Gasteiger partial charge is 0.258 e. The molecule has 9 heteroatoms. The van der Waals surface area contributed by atoms with Crippen LogP contribution in [-0.2, 0) is 6.54 Å². The normalized spacial score (nSPS) is 12.7. The van der Waals surface area contributed by atoms with Gasteiger partial charge in [0.1, 0.15) is 25.4 Å². The molecule has 7 nitrogen and oxygen atoms in total. The first-order valence-electron chi connectivity index (χ1n) is 8.13. The summed E-state index contributed by atoms with van der Waals surface area (Å²) in [5.74, 6) is 0.388. The van der Waals surface area contributed by atoms with Gasteiger partial charge in [0.25, 0.3) is 5.91 Å². The van der Waals surface area contributed by atoms with Gasteiger partial charge in [-0.2, -0.15) is 0 Å². The van der Waals surface area contributed by atoms with Crippen LogP contribution in [0.15, 0.2) is 42.7 Å². The quantitative estimate of drug-likeness (QED) is 0.742. The molecule has 0 radical (unpaired) electrons. The topological polar surface area (TPSA) is 78.3 Å². The molecule has 0 spiro atoms. The highest BCUT2D eigenvalue weighted by atomic mass is 35.5. The van der Waals surface area contributed by atoms with E-state index in [1.54, 1.807) is 24.3 Å². The molecule has 3 aromatic rings. The molecule has 1 aliphatic heterocycles. The Kier molecular flexibility index (Phi) is 4.64. The number of hydrogen-bond acceptors (Lipinski definition) is 5. The molecular weight excluding hydrogens is 375 g/mol. The predicted molar refractivity (Wildman–Crippen MR) is 95.9 cm³/mol. The number of hydrogen-bond donors (Lipinski definition) is 1. The number of carbonyl (C=O) groups is 1. The predicted octanol–water partition coefficient (Wildman–Crippen LogP) is 3.14. The van der Waals surface area contributed by atoms with Crippen LogP contribution >= 0.6 is 11.6 Å². The van der Waals surface area contributed by atoms with Gasteiger partial charge < -0.3 is 9.47 Å². The number of ether oxygens (including phenoxy) is 2. The number of amides is 1. The van der Waals surface area contributed by atoms with Crippen molar-refractivity contribution in [3.8, 4) is 11.5 Å². The largest absolute Gasteiger partial charge is 0.486 e. The fraction of sp³-hybridized carbons (Fsp3) is 0.167. The van der Waals surface area contributed by atoms with Crippen molar-refractivity contribution in [3.05, 3.63) is 64.7 Å². The maximum Gasteiger partial charge on any atom is 0.258 e. The molecule has 27 heavy (non-hydrogen) atoms. The average Bonchev–Trinajstić information content (AvgIpc) is 3.11. The Morgan fingerprint density at radius 1 is 1.22 bits per heavy atom. The van der Waals surface area contributed by atoms with E-state index in [1.165, 1.54) is 23.1 Å². The van der Waals surface area contributed by atoms with Crippen molar-refractivity contribution in [2.75, 3.05) is 18.5 Å². The van der Waals surface area contributed by atoms with Gasteiger partial charge in [0.2, 0.25) is 5.95 Å². The molecule has 1 aliphatic rings. The van der Waals surface area contributed by atoms with Crippen LogP contribution in [0.3, 0.4) is 0 Å². The number of nitrogens with one attached hydrogen (secondary N) is 1. The number of aromatic nitrogens is 3. The van der Waals surface area contributed by atoms with Gasteiger partial charge in [-0.1, -0.05) is 17.7 Å². The van der Waals surface area contributed by atoms with E-state index in [-0.39, 0.29) is 12.5 Å². The van der Waals surface area contributed by atoms with Gasteiger partial charge in [-0.15, -0.1) is 5.10 Å². The van der Waals surface area contributed by atoms with Crippen LogP contribution in [0.1, 0.15) is 15.9 Å². The van der Waals surface area contributed by atoms with Gasteiger partial charge in [0.15, 0.2) is 11.5 Å². The third kappa shape index (κ3) is 3.70. The van der Waals surface area contributed by atoms with E-state index in [4.69, 9.17) is 21.1 Å². The standard InChI is InChI=1S/C18H14ClFN4O3/c19-13-2-1-3-14(20)12(13)9-24-10-21-18(23-24)22-17(25)11-4-5-15-16(8-11)27-7-6-26-15/h1-5,8,10H,6-7,9H2,(H,22,23,25). The van der Waals surface area contributed by atoms with Gasteiger partial charge in [0, 0.05) is 16.1 Å². The third-order valence-corrected chi connectivity index (χ3v) is 4.30. The van der Waals surface area contributed by atoms with Crippen molar-refractivity contribution in [2.24, 2.45) is 0 Å². The summed E-state index contributed by atoms with van der Waals surface area (Å²) in [4.78, 5) is 16.4.